The second-order valence-corrected chi connectivity index (χ2v) is 7.98. The van der Waals surface area contributed by atoms with E-state index in [1.807, 2.05) is 45.0 Å². The average Bonchev–Trinajstić information content (AvgIpc) is 2.67. The fourth-order valence-electron chi connectivity index (χ4n) is 2.74. The quantitative estimate of drug-likeness (QED) is 0.772. The minimum absolute atomic E-state index is 0.271. The summed E-state index contributed by atoms with van der Waals surface area (Å²) in [5, 5.41) is 0.592. The van der Waals surface area contributed by atoms with Crippen LogP contribution >= 0.6 is 11.6 Å². The van der Waals surface area contributed by atoms with Crippen molar-refractivity contribution >= 4 is 23.5 Å². The zero-order valence-corrected chi connectivity index (χ0v) is 17.1. The number of carbonyl (C=O) groups is 1. The highest BCUT2D eigenvalue weighted by atomic mass is 35.5. The van der Waals surface area contributed by atoms with Gasteiger partial charge in [-0.15, -0.1) is 0 Å². The van der Waals surface area contributed by atoms with Gasteiger partial charge in [0.1, 0.15) is 18.0 Å². The zero-order chi connectivity index (χ0) is 20.1. The van der Waals surface area contributed by atoms with E-state index in [-0.39, 0.29) is 6.09 Å². The molecule has 0 bridgehead atoms. The van der Waals surface area contributed by atoms with E-state index in [0.29, 0.717) is 43.7 Å². The molecule has 0 aromatic carbocycles. The van der Waals surface area contributed by atoms with Gasteiger partial charge in [-0.2, -0.15) is 4.98 Å². The molecule has 0 spiro atoms. The molecular weight excluding hydrogens is 380 g/mol. The molecule has 1 fully saturated rings. The van der Waals surface area contributed by atoms with Crippen LogP contribution < -0.4 is 9.64 Å². The molecule has 0 radical (unpaired) electrons. The second-order valence-electron chi connectivity index (χ2n) is 7.54. The van der Waals surface area contributed by atoms with Crippen LogP contribution in [0.5, 0.6) is 5.88 Å². The Bertz CT molecular complexity index is 800. The summed E-state index contributed by atoms with van der Waals surface area (Å²) >= 11 is 5.84. The number of pyridine rings is 2. The Morgan fingerprint density at radius 2 is 1.89 bits per heavy atom. The maximum atomic E-state index is 12.2. The van der Waals surface area contributed by atoms with Crippen LogP contribution in [-0.4, -0.2) is 52.7 Å². The Labute approximate surface area is 170 Å². The standard InChI is InChI=1S/C20H25ClN4O3/c1-20(2,3)28-19(26)25-11-9-24(10-12-25)17-5-4-6-18(23-17)27-14-16-8-7-15(21)13-22-16/h4-8,13H,9-12,14H2,1-3H3. The number of rotatable bonds is 4. The largest absolute Gasteiger partial charge is 0.471 e. The predicted molar refractivity (Wildman–Crippen MR) is 108 cm³/mol. The molecule has 150 valence electrons. The molecule has 0 N–H and O–H groups in total. The molecule has 0 aliphatic carbocycles. The van der Waals surface area contributed by atoms with Crippen molar-refractivity contribution in [3.8, 4) is 5.88 Å². The van der Waals surface area contributed by atoms with E-state index in [4.69, 9.17) is 21.1 Å². The third-order valence-electron chi connectivity index (χ3n) is 4.12. The lowest BCUT2D eigenvalue weighted by molar-refractivity contribution is 0.0240. The number of hydrogen-bond acceptors (Lipinski definition) is 6. The lowest BCUT2D eigenvalue weighted by Gasteiger charge is -2.36. The van der Waals surface area contributed by atoms with Crippen molar-refractivity contribution < 1.29 is 14.3 Å². The highest BCUT2D eigenvalue weighted by Crippen LogP contribution is 2.19. The van der Waals surface area contributed by atoms with Gasteiger partial charge in [-0.25, -0.2) is 4.79 Å². The number of carbonyl (C=O) groups excluding carboxylic acids is 1. The monoisotopic (exact) mass is 404 g/mol. The van der Waals surface area contributed by atoms with Crippen molar-refractivity contribution in [1.82, 2.24) is 14.9 Å². The molecule has 2 aromatic heterocycles. The van der Waals surface area contributed by atoms with Gasteiger partial charge in [-0.1, -0.05) is 17.7 Å². The number of aromatic nitrogens is 2. The van der Waals surface area contributed by atoms with Crippen molar-refractivity contribution in [2.75, 3.05) is 31.1 Å². The van der Waals surface area contributed by atoms with E-state index in [0.717, 1.165) is 11.5 Å². The number of hydrogen-bond donors (Lipinski definition) is 0. The summed E-state index contributed by atoms with van der Waals surface area (Å²) in [5.74, 6) is 1.36. The normalized spacial score (nSPS) is 14.7. The van der Waals surface area contributed by atoms with E-state index in [9.17, 15) is 4.79 Å². The van der Waals surface area contributed by atoms with Gasteiger partial charge in [0, 0.05) is 38.4 Å². The number of ether oxygens (including phenoxy) is 2. The molecule has 7 nitrogen and oxygen atoms in total. The fraction of sp³-hybridized carbons (Fsp3) is 0.450. The number of piperazine rings is 1. The Morgan fingerprint density at radius 1 is 1.14 bits per heavy atom. The number of amides is 1. The molecule has 3 rings (SSSR count). The smallest absolute Gasteiger partial charge is 0.410 e. The topological polar surface area (TPSA) is 67.8 Å². The molecule has 2 aromatic rings. The Hall–Kier alpha value is -2.54. The van der Waals surface area contributed by atoms with Gasteiger partial charge in [0.05, 0.1) is 10.7 Å². The van der Waals surface area contributed by atoms with Crippen LogP contribution in [0.2, 0.25) is 5.02 Å². The van der Waals surface area contributed by atoms with E-state index in [1.165, 1.54) is 0 Å². The van der Waals surface area contributed by atoms with Crippen LogP contribution in [0.15, 0.2) is 36.5 Å². The first kappa shape index (κ1) is 20.2. The zero-order valence-electron chi connectivity index (χ0n) is 16.4. The lowest BCUT2D eigenvalue weighted by Crippen LogP contribution is -2.50. The summed E-state index contributed by atoms with van der Waals surface area (Å²) in [4.78, 5) is 24.8. The number of anilines is 1. The second kappa shape index (κ2) is 8.65. The van der Waals surface area contributed by atoms with Crippen LogP contribution in [0.1, 0.15) is 26.5 Å². The van der Waals surface area contributed by atoms with Gasteiger partial charge in [0.15, 0.2) is 0 Å². The first-order valence-corrected chi connectivity index (χ1v) is 9.61. The van der Waals surface area contributed by atoms with Gasteiger partial charge in [-0.3, -0.25) is 4.98 Å². The highest BCUT2D eigenvalue weighted by Gasteiger charge is 2.26. The van der Waals surface area contributed by atoms with Crippen LogP contribution in [0.25, 0.3) is 0 Å². The van der Waals surface area contributed by atoms with Gasteiger partial charge < -0.3 is 19.3 Å². The third kappa shape index (κ3) is 5.73. The molecule has 3 heterocycles. The van der Waals surface area contributed by atoms with Gasteiger partial charge in [0.25, 0.3) is 0 Å². The van der Waals surface area contributed by atoms with Crippen molar-refractivity contribution in [2.24, 2.45) is 0 Å². The van der Waals surface area contributed by atoms with Crippen LogP contribution in [0.4, 0.5) is 10.6 Å². The van der Waals surface area contributed by atoms with Crippen LogP contribution in [-0.2, 0) is 11.3 Å². The Morgan fingerprint density at radius 3 is 2.54 bits per heavy atom. The lowest BCUT2D eigenvalue weighted by atomic mass is 10.2. The number of halogens is 1. The molecule has 8 heteroatoms. The van der Waals surface area contributed by atoms with Crippen molar-refractivity contribution in [3.05, 3.63) is 47.2 Å². The minimum Gasteiger partial charge on any atom is -0.471 e. The highest BCUT2D eigenvalue weighted by molar-refractivity contribution is 6.30. The number of nitrogens with zero attached hydrogens (tertiary/aromatic N) is 4. The molecule has 1 saturated heterocycles. The van der Waals surface area contributed by atoms with Gasteiger partial charge in [-0.05, 0) is 39.0 Å². The average molecular weight is 405 g/mol. The minimum atomic E-state index is -0.486. The van der Waals surface area contributed by atoms with Gasteiger partial charge >= 0.3 is 6.09 Å². The molecule has 0 atom stereocenters. The summed E-state index contributed by atoms with van der Waals surface area (Å²) < 4.78 is 11.2. The maximum Gasteiger partial charge on any atom is 0.410 e. The fourth-order valence-corrected chi connectivity index (χ4v) is 2.86. The Balaban J connectivity index is 1.54. The summed E-state index contributed by atoms with van der Waals surface area (Å²) in [5.41, 5.74) is 0.294. The van der Waals surface area contributed by atoms with E-state index in [1.54, 1.807) is 17.2 Å². The molecule has 0 saturated carbocycles. The molecule has 1 aliphatic heterocycles. The molecule has 0 unspecified atom stereocenters. The van der Waals surface area contributed by atoms with Crippen LogP contribution in [0.3, 0.4) is 0 Å². The van der Waals surface area contributed by atoms with Crippen molar-refractivity contribution in [1.29, 1.82) is 0 Å². The maximum absolute atomic E-state index is 12.2. The summed E-state index contributed by atoms with van der Waals surface area (Å²) in [7, 11) is 0. The van der Waals surface area contributed by atoms with Crippen molar-refractivity contribution in [3.63, 3.8) is 0 Å². The third-order valence-corrected chi connectivity index (χ3v) is 4.34. The van der Waals surface area contributed by atoms with E-state index >= 15 is 0 Å². The Kier molecular flexibility index (Phi) is 6.24. The molecule has 28 heavy (non-hydrogen) atoms. The first-order valence-electron chi connectivity index (χ1n) is 9.23. The first-order chi connectivity index (χ1) is 13.3. The van der Waals surface area contributed by atoms with Crippen LogP contribution in [0, 0.1) is 0 Å². The summed E-state index contributed by atoms with van der Waals surface area (Å²) in [6.07, 6.45) is 1.32. The summed E-state index contributed by atoms with van der Waals surface area (Å²) in [6, 6.07) is 9.27. The molecule has 1 aliphatic rings. The summed E-state index contributed by atoms with van der Waals surface area (Å²) in [6.45, 7) is 8.50. The predicted octanol–water partition coefficient (Wildman–Crippen LogP) is 3.77. The molecule has 1 amide bonds. The molecular formula is C20H25ClN4O3. The van der Waals surface area contributed by atoms with Gasteiger partial charge in [0.2, 0.25) is 5.88 Å². The van der Waals surface area contributed by atoms with Crippen molar-refractivity contribution in [2.45, 2.75) is 33.0 Å². The SMILES string of the molecule is CC(C)(C)OC(=O)N1CCN(c2cccc(OCc3ccc(Cl)cn3)n2)CC1. The van der Waals surface area contributed by atoms with E-state index in [2.05, 4.69) is 14.9 Å². The van der Waals surface area contributed by atoms with E-state index < -0.39 is 5.60 Å².